The molecule has 0 aliphatic carbocycles. The Bertz CT molecular complexity index is 808. The summed E-state index contributed by atoms with van der Waals surface area (Å²) < 4.78 is 13.3. The minimum atomic E-state index is -0.568. The third kappa shape index (κ3) is 4.64. The lowest BCUT2D eigenvalue weighted by Gasteiger charge is -2.24. The highest BCUT2D eigenvalue weighted by molar-refractivity contribution is 7.98. The normalized spacial score (nSPS) is 15.9. The monoisotopic (exact) mass is 372 g/mol. The molecule has 6 heteroatoms. The Morgan fingerprint density at radius 3 is 2.81 bits per heavy atom. The van der Waals surface area contributed by atoms with Gasteiger partial charge >= 0.3 is 0 Å². The molecule has 0 saturated carbocycles. The van der Waals surface area contributed by atoms with Crippen molar-refractivity contribution in [2.24, 2.45) is 0 Å². The maximum absolute atomic E-state index is 13.3. The number of fused-ring (bicyclic) bond motifs is 1. The van der Waals surface area contributed by atoms with Crippen molar-refractivity contribution in [3.63, 3.8) is 0 Å². The van der Waals surface area contributed by atoms with Gasteiger partial charge in [0.05, 0.1) is 5.92 Å². The van der Waals surface area contributed by atoms with E-state index >= 15 is 0 Å². The Morgan fingerprint density at radius 1 is 1.27 bits per heavy atom. The van der Waals surface area contributed by atoms with E-state index in [-0.39, 0.29) is 18.2 Å². The number of carbonyl (C=O) groups is 2. The summed E-state index contributed by atoms with van der Waals surface area (Å²) >= 11 is 1.75. The van der Waals surface area contributed by atoms with Gasteiger partial charge in [-0.15, -0.1) is 0 Å². The Morgan fingerprint density at radius 2 is 2.04 bits per heavy atom. The molecule has 136 valence electrons. The third-order valence-corrected chi connectivity index (χ3v) is 5.34. The SMILES string of the molecule is Cc1ccc(CSCCNC(=O)C2CC(=O)Nc3cc(F)ccc32)cc1. The van der Waals surface area contributed by atoms with Crippen LogP contribution in [0.1, 0.15) is 29.0 Å². The highest BCUT2D eigenvalue weighted by Gasteiger charge is 2.30. The van der Waals surface area contributed by atoms with E-state index in [1.54, 1.807) is 17.8 Å². The molecule has 1 atom stereocenters. The highest BCUT2D eigenvalue weighted by atomic mass is 32.2. The number of benzene rings is 2. The summed E-state index contributed by atoms with van der Waals surface area (Å²) in [6.45, 7) is 2.59. The third-order valence-electron chi connectivity index (χ3n) is 4.31. The van der Waals surface area contributed by atoms with E-state index < -0.39 is 11.7 Å². The number of anilines is 1. The molecule has 0 aromatic heterocycles. The van der Waals surface area contributed by atoms with Crippen LogP contribution < -0.4 is 10.6 Å². The zero-order chi connectivity index (χ0) is 18.5. The Balaban J connectivity index is 1.49. The molecular formula is C20H21FN2O2S. The molecule has 3 rings (SSSR count). The van der Waals surface area contributed by atoms with Crippen molar-refractivity contribution in [1.82, 2.24) is 5.32 Å². The lowest BCUT2D eigenvalue weighted by atomic mass is 9.90. The summed E-state index contributed by atoms with van der Waals surface area (Å²) in [6, 6.07) is 12.5. The fourth-order valence-electron chi connectivity index (χ4n) is 2.92. The average Bonchev–Trinajstić information content (AvgIpc) is 2.61. The summed E-state index contributed by atoms with van der Waals surface area (Å²) in [7, 11) is 0. The molecule has 1 aliphatic rings. The van der Waals surface area contributed by atoms with Crippen molar-refractivity contribution in [3.05, 3.63) is 65.0 Å². The molecule has 2 N–H and O–H groups in total. The number of amides is 2. The average molecular weight is 372 g/mol. The zero-order valence-electron chi connectivity index (χ0n) is 14.5. The van der Waals surface area contributed by atoms with E-state index in [0.717, 1.165) is 11.5 Å². The molecular weight excluding hydrogens is 351 g/mol. The van der Waals surface area contributed by atoms with E-state index in [1.807, 2.05) is 0 Å². The number of nitrogens with one attached hydrogen (secondary N) is 2. The van der Waals surface area contributed by atoms with Crippen molar-refractivity contribution < 1.29 is 14.0 Å². The molecule has 0 spiro atoms. The van der Waals surface area contributed by atoms with Crippen LogP contribution in [0.4, 0.5) is 10.1 Å². The largest absolute Gasteiger partial charge is 0.355 e. The lowest BCUT2D eigenvalue weighted by molar-refractivity contribution is -0.126. The number of thioether (sulfide) groups is 1. The van der Waals surface area contributed by atoms with E-state index in [1.165, 1.54) is 23.3 Å². The van der Waals surface area contributed by atoms with Gasteiger partial charge in [-0.25, -0.2) is 4.39 Å². The van der Waals surface area contributed by atoms with Crippen molar-refractivity contribution in [1.29, 1.82) is 0 Å². The summed E-state index contributed by atoms with van der Waals surface area (Å²) in [4.78, 5) is 24.3. The maximum Gasteiger partial charge on any atom is 0.228 e. The molecule has 1 unspecified atom stereocenters. The smallest absolute Gasteiger partial charge is 0.228 e. The van der Waals surface area contributed by atoms with Gasteiger partial charge in [-0.1, -0.05) is 35.9 Å². The number of halogens is 1. The summed E-state index contributed by atoms with van der Waals surface area (Å²) in [5, 5.41) is 5.51. The van der Waals surface area contributed by atoms with Gasteiger partial charge in [0.1, 0.15) is 5.82 Å². The summed E-state index contributed by atoms with van der Waals surface area (Å²) in [5.74, 6) is 0.221. The van der Waals surface area contributed by atoms with Crippen LogP contribution in [0.5, 0.6) is 0 Å². The van der Waals surface area contributed by atoms with E-state index in [2.05, 4.69) is 41.8 Å². The summed E-state index contributed by atoms with van der Waals surface area (Å²) in [6.07, 6.45) is 0.0843. The second-order valence-electron chi connectivity index (χ2n) is 6.37. The van der Waals surface area contributed by atoms with Crippen LogP contribution in [0.15, 0.2) is 42.5 Å². The quantitative estimate of drug-likeness (QED) is 0.762. The molecule has 0 saturated heterocycles. The Labute approximate surface area is 156 Å². The van der Waals surface area contributed by atoms with Gasteiger partial charge in [-0.2, -0.15) is 11.8 Å². The van der Waals surface area contributed by atoms with Crippen molar-refractivity contribution >= 4 is 29.3 Å². The minimum absolute atomic E-state index is 0.0843. The lowest BCUT2D eigenvalue weighted by Crippen LogP contribution is -2.36. The molecule has 0 radical (unpaired) electrons. The van der Waals surface area contributed by atoms with Crippen LogP contribution in [0, 0.1) is 12.7 Å². The molecule has 1 heterocycles. The first-order chi connectivity index (χ1) is 12.5. The van der Waals surface area contributed by atoms with Crippen molar-refractivity contribution in [2.45, 2.75) is 25.0 Å². The van der Waals surface area contributed by atoms with Gasteiger partial charge in [0.25, 0.3) is 0 Å². The predicted octanol–water partition coefficient (Wildman–Crippen LogP) is 3.61. The van der Waals surface area contributed by atoms with Gasteiger partial charge in [-0.05, 0) is 30.2 Å². The van der Waals surface area contributed by atoms with E-state index in [0.29, 0.717) is 17.8 Å². The van der Waals surface area contributed by atoms with Gasteiger partial charge in [0.15, 0.2) is 0 Å². The maximum atomic E-state index is 13.3. The van der Waals surface area contributed by atoms with Crippen LogP contribution >= 0.6 is 11.8 Å². The van der Waals surface area contributed by atoms with Gasteiger partial charge in [0, 0.05) is 30.2 Å². The topological polar surface area (TPSA) is 58.2 Å². The van der Waals surface area contributed by atoms with Crippen molar-refractivity contribution in [3.8, 4) is 0 Å². The number of rotatable bonds is 6. The number of hydrogen-bond acceptors (Lipinski definition) is 3. The first-order valence-corrected chi connectivity index (χ1v) is 9.68. The molecule has 1 aliphatic heterocycles. The fourth-order valence-corrected chi connectivity index (χ4v) is 3.73. The van der Waals surface area contributed by atoms with Crippen LogP contribution in [0.3, 0.4) is 0 Å². The van der Waals surface area contributed by atoms with Crippen molar-refractivity contribution in [2.75, 3.05) is 17.6 Å². The standard InChI is InChI=1S/C20H21FN2O2S/c1-13-2-4-14(5-3-13)12-26-9-8-22-20(25)17-11-19(24)23-18-10-15(21)6-7-16(17)18/h2-7,10,17H,8-9,11-12H2,1H3,(H,22,25)(H,23,24). The Hall–Kier alpha value is -2.34. The zero-order valence-corrected chi connectivity index (χ0v) is 15.4. The fraction of sp³-hybridized carbons (Fsp3) is 0.300. The number of aryl methyl sites for hydroxylation is 1. The number of hydrogen-bond donors (Lipinski definition) is 2. The molecule has 26 heavy (non-hydrogen) atoms. The van der Waals surface area contributed by atoms with Crippen LogP contribution in [0.25, 0.3) is 0 Å². The van der Waals surface area contributed by atoms with Crippen LogP contribution in [-0.4, -0.2) is 24.1 Å². The van der Waals surface area contributed by atoms with Gasteiger partial charge in [0.2, 0.25) is 11.8 Å². The highest BCUT2D eigenvalue weighted by Crippen LogP contribution is 2.32. The second-order valence-corrected chi connectivity index (χ2v) is 7.47. The molecule has 2 aromatic carbocycles. The molecule has 2 aromatic rings. The van der Waals surface area contributed by atoms with E-state index in [9.17, 15) is 14.0 Å². The predicted molar refractivity (Wildman–Crippen MR) is 103 cm³/mol. The van der Waals surface area contributed by atoms with Gasteiger partial charge in [-0.3, -0.25) is 9.59 Å². The van der Waals surface area contributed by atoms with Crippen LogP contribution in [-0.2, 0) is 15.3 Å². The Kier molecular flexibility index (Phi) is 5.93. The molecule has 4 nitrogen and oxygen atoms in total. The summed E-state index contributed by atoms with van der Waals surface area (Å²) in [5.41, 5.74) is 3.54. The molecule has 0 fully saturated rings. The molecule has 2 amide bonds. The van der Waals surface area contributed by atoms with E-state index in [4.69, 9.17) is 0 Å². The molecule has 0 bridgehead atoms. The van der Waals surface area contributed by atoms with Gasteiger partial charge < -0.3 is 10.6 Å². The first kappa shape index (κ1) is 18.5. The minimum Gasteiger partial charge on any atom is -0.355 e. The van der Waals surface area contributed by atoms with Crippen LogP contribution in [0.2, 0.25) is 0 Å². The second kappa shape index (κ2) is 8.36. The number of carbonyl (C=O) groups excluding carboxylic acids is 2. The first-order valence-electron chi connectivity index (χ1n) is 8.53.